The second kappa shape index (κ2) is 5.44. The van der Waals surface area contributed by atoms with Crippen LogP contribution in [0.2, 0.25) is 0 Å². The van der Waals surface area contributed by atoms with Gasteiger partial charge in [0, 0.05) is 24.1 Å². The Hall–Kier alpha value is -3.15. The van der Waals surface area contributed by atoms with E-state index in [-0.39, 0.29) is 5.82 Å². The van der Waals surface area contributed by atoms with Gasteiger partial charge in [-0.1, -0.05) is 17.3 Å². The Bertz CT molecular complexity index is 1020. The minimum Gasteiger partial charge on any atom is -0.423 e. The first-order valence-corrected chi connectivity index (χ1v) is 8.12. The first-order valence-electron chi connectivity index (χ1n) is 8.12. The van der Waals surface area contributed by atoms with Crippen molar-refractivity contribution < 1.29 is 13.3 Å². The van der Waals surface area contributed by atoms with Crippen molar-refractivity contribution in [3.63, 3.8) is 0 Å². The van der Waals surface area contributed by atoms with Gasteiger partial charge in [-0.05, 0) is 36.4 Å². The molecule has 0 saturated carbocycles. The zero-order valence-electron chi connectivity index (χ0n) is 13.3. The molecule has 0 aliphatic carbocycles. The van der Waals surface area contributed by atoms with E-state index in [9.17, 15) is 4.39 Å². The number of nitrogens with zero attached hydrogens (tertiary/aromatic N) is 3. The SMILES string of the molecule is Fc1ccc(-c2onc3c2CN(c2nc4ccccc4o2)CC3)cc1. The van der Waals surface area contributed by atoms with Crippen LogP contribution in [0.4, 0.5) is 10.4 Å². The maximum Gasteiger partial charge on any atom is 0.298 e. The van der Waals surface area contributed by atoms with Crippen molar-refractivity contribution in [1.82, 2.24) is 10.1 Å². The summed E-state index contributed by atoms with van der Waals surface area (Å²) < 4.78 is 24.6. The van der Waals surface area contributed by atoms with Crippen LogP contribution in [-0.2, 0) is 13.0 Å². The number of aromatic nitrogens is 2. The molecule has 0 fully saturated rings. The van der Waals surface area contributed by atoms with Gasteiger partial charge >= 0.3 is 0 Å². The van der Waals surface area contributed by atoms with E-state index in [0.717, 1.165) is 40.9 Å². The van der Waals surface area contributed by atoms with Gasteiger partial charge in [0.15, 0.2) is 11.3 Å². The van der Waals surface area contributed by atoms with Crippen LogP contribution in [0.3, 0.4) is 0 Å². The molecule has 25 heavy (non-hydrogen) atoms. The quantitative estimate of drug-likeness (QED) is 0.550. The maximum atomic E-state index is 13.2. The summed E-state index contributed by atoms with van der Waals surface area (Å²) in [5.41, 5.74) is 4.36. The minimum atomic E-state index is -0.273. The van der Waals surface area contributed by atoms with Crippen LogP contribution in [0.5, 0.6) is 0 Å². The van der Waals surface area contributed by atoms with Crippen LogP contribution in [0.1, 0.15) is 11.3 Å². The van der Waals surface area contributed by atoms with Crippen molar-refractivity contribution >= 4 is 17.1 Å². The summed E-state index contributed by atoms with van der Waals surface area (Å²) in [5, 5.41) is 4.18. The third-order valence-corrected chi connectivity index (χ3v) is 4.50. The Balaban J connectivity index is 1.51. The highest BCUT2D eigenvalue weighted by Gasteiger charge is 2.27. The van der Waals surface area contributed by atoms with E-state index in [2.05, 4.69) is 15.0 Å². The largest absolute Gasteiger partial charge is 0.423 e. The molecule has 1 aliphatic rings. The number of rotatable bonds is 2. The summed E-state index contributed by atoms with van der Waals surface area (Å²) in [6.07, 6.45) is 0.749. The van der Waals surface area contributed by atoms with E-state index in [1.807, 2.05) is 24.3 Å². The standard InChI is InChI=1S/C19H14FN3O2/c20-13-7-5-12(6-8-13)18-14-11-23(10-9-15(14)22-25-18)19-21-16-3-1-2-4-17(16)24-19/h1-8H,9-11H2. The van der Waals surface area contributed by atoms with Gasteiger partial charge < -0.3 is 13.8 Å². The topological polar surface area (TPSA) is 55.3 Å². The average Bonchev–Trinajstić information content (AvgIpc) is 3.26. The summed E-state index contributed by atoms with van der Waals surface area (Å²) in [5.74, 6) is 0.404. The second-order valence-electron chi connectivity index (χ2n) is 6.08. The Morgan fingerprint density at radius 3 is 2.72 bits per heavy atom. The van der Waals surface area contributed by atoms with Crippen molar-refractivity contribution in [2.45, 2.75) is 13.0 Å². The highest BCUT2D eigenvalue weighted by atomic mass is 19.1. The van der Waals surface area contributed by atoms with Crippen LogP contribution in [0.15, 0.2) is 57.5 Å². The Labute approximate surface area is 142 Å². The molecule has 0 atom stereocenters. The highest BCUT2D eigenvalue weighted by molar-refractivity contribution is 5.74. The predicted octanol–water partition coefficient (Wildman–Crippen LogP) is 4.18. The molecule has 1 aliphatic heterocycles. The molecule has 2 aromatic carbocycles. The number of oxazole rings is 1. The van der Waals surface area contributed by atoms with Crippen molar-refractivity contribution in [1.29, 1.82) is 0 Å². The number of halogens is 1. The number of hydrogen-bond donors (Lipinski definition) is 0. The highest BCUT2D eigenvalue weighted by Crippen LogP contribution is 2.33. The zero-order chi connectivity index (χ0) is 16.8. The van der Waals surface area contributed by atoms with Crippen LogP contribution < -0.4 is 4.90 Å². The molecule has 0 unspecified atom stereocenters. The fourth-order valence-electron chi connectivity index (χ4n) is 3.20. The monoisotopic (exact) mass is 335 g/mol. The summed E-state index contributed by atoms with van der Waals surface area (Å²) in [7, 11) is 0. The molecule has 0 amide bonds. The van der Waals surface area contributed by atoms with E-state index in [0.29, 0.717) is 18.3 Å². The third kappa shape index (κ3) is 2.38. The molecule has 5 rings (SSSR count). The first-order chi connectivity index (χ1) is 12.3. The average molecular weight is 335 g/mol. The van der Waals surface area contributed by atoms with Crippen molar-refractivity contribution in [2.75, 3.05) is 11.4 Å². The molecule has 0 bridgehead atoms. The van der Waals surface area contributed by atoms with Crippen molar-refractivity contribution in [2.24, 2.45) is 0 Å². The molecule has 0 N–H and O–H groups in total. The van der Waals surface area contributed by atoms with Crippen LogP contribution in [-0.4, -0.2) is 16.7 Å². The van der Waals surface area contributed by atoms with Crippen LogP contribution >= 0.6 is 0 Å². The lowest BCUT2D eigenvalue weighted by molar-refractivity contribution is 0.423. The fraction of sp³-hybridized carbons (Fsp3) is 0.158. The van der Waals surface area contributed by atoms with Gasteiger partial charge in [-0.3, -0.25) is 0 Å². The number of para-hydroxylation sites is 2. The minimum absolute atomic E-state index is 0.273. The van der Waals surface area contributed by atoms with E-state index >= 15 is 0 Å². The first kappa shape index (κ1) is 14.2. The molecule has 5 nitrogen and oxygen atoms in total. The fourth-order valence-corrected chi connectivity index (χ4v) is 3.20. The van der Waals surface area contributed by atoms with E-state index in [4.69, 9.17) is 8.94 Å². The second-order valence-corrected chi connectivity index (χ2v) is 6.08. The predicted molar refractivity (Wildman–Crippen MR) is 90.7 cm³/mol. The molecule has 0 saturated heterocycles. The molecular weight excluding hydrogens is 321 g/mol. The Morgan fingerprint density at radius 1 is 1.04 bits per heavy atom. The van der Waals surface area contributed by atoms with Gasteiger partial charge in [-0.15, -0.1) is 0 Å². The van der Waals surface area contributed by atoms with Gasteiger partial charge in [0.1, 0.15) is 11.3 Å². The Morgan fingerprint density at radius 2 is 1.88 bits per heavy atom. The van der Waals surface area contributed by atoms with Crippen molar-refractivity contribution in [3.05, 3.63) is 65.6 Å². The summed E-state index contributed by atoms with van der Waals surface area (Å²) in [6, 6.07) is 14.6. The molecular formula is C19H14FN3O2. The van der Waals surface area contributed by atoms with Gasteiger partial charge in [0.05, 0.1) is 12.2 Å². The Kier molecular flexibility index (Phi) is 3.09. The van der Waals surface area contributed by atoms with Crippen molar-refractivity contribution in [3.8, 4) is 11.3 Å². The third-order valence-electron chi connectivity index (χ3n) is 4.50. The van der Waals surface area contributed by atoms with Gasteiger partial charge in [0.2, 0.25) is 0 Å². The van der Waals surface area contributed by atoms with E-state index in [1.54, 1.807) is 12.1 Å². The van der Waals surface area contributed by atoms with Gasteiger partial charge in [-0.2, -0.15) is 4.98 Å². The maximum absolute atomic E-state index is 13.2. The van der Waals surface area contributed by atoms with Gasteiger partial charge in [-0.25, -0.2) is 4.39 Å². The van der Waals surface area contributed by atoms with E-state index < -0.39 is 0 Å². The smallest absolute Gasteiger partial charge is 0.298 e. The van der Waals surface area contributed by atoms with Crippen LogP contribution in [0.25, 0.3) is 22.4 Å². The molecule has 0 spiro atoms. The normalized spacial score (nSPS) is 14.0. The molecule has 2 aromatic heterocycles. The molecule has 4 aromatic rings. The lowest BCUT2D eigenvalue weighted by Crippen LogP contribution is -2.30. The lowest BCUT2D eigenvalue weighted by Gasteiger charge is -2.24. The van der Waals surface area contributed by atoms with E-state index in [1.165, 1.54) is 12.1 Å². The molecule has 124 valence electrons. The summed E-state index contributed by atoms with van der Waals surface area (Å²) >= 11 is 0. The number of fused-ring (bicyclic) bond motifs is 2. The zero-order valence-corrected chi connectivity index (χ0v) is 13.3. The van der Waals surface area contributed by atoms with Crippen LogP contribution in [0, 0.1) is 5.82 Å². The molecule has 6 heteroatoms. The number of anilines is 1. The number of hydrogen-bond acceptors (Lipinski definition) is 5. The van der Waals surface area contributed by atoms with Gasteiger partial charge in [0.25, 0.3) is 6.01 Å². The molecule has 0 radical (unpaired) electrons. The number of benzene rings is 2. The summed E-state index contributed by atoms with van der Waals surface area (Å²) in [4.78, 5) is 6.64. The molecule has 3 heterocycles. The summed E-state index contributed by atoms with van der Waals surface area (Å²) in [6.45, 7) is 1.35. The lowest BCUT2D eigenvalue weighted by atomic mass is 10.0.